The second-order valence-electron chi connectivity index (χ2n) is 13.1. The summed E-state index contributed by atoms with van der Waals surface area (Å²) in [5.41, 5.74) is 6.14. The third-order valence-corrected chi connectivity index (χ3v) is 16.3. The second kappa shape index (κ2) is 18.8. The van der Waals surface area contributed by atoms with Crippen LogP contribution in [-0.4, -0.2) is 31.6 Å². The van der Waals surface area contributed by atoms with Crippen molar-refractivity contribution in [3.8, 4) is 45.6 Å². The summed E-state index contributed by atoms with van der Waals surface area (Å²) in [6, 6.07) is 26.0. The Morgan fingerprint density at radius 1 is 0.640 bits per heavy atom. The molecule has 0 N–H and O–H groups in total. The minimum absolute atomic E-state index is 0.211. The van der Waals surface area contributed by atoms with Crippen LogP contribution in [0, 0.1) is 11.8 Å². The molecule has 0 fully saturated rings. The molecular formula is C43H50O6Zr. The Bertz CT molecular complexity index is 1730. The van der Waals surface area contributed by atoms with Gasteiger partial charge in [0, 0.05) is 0 Å². The Balaban J connectivity index is 0.000000209. The number of ether oxygens (including phenoxy) is 4. The van der Waals surface area contributed by atoms with Crippen molar-refractivity contribution in [2.45, 2.75) is 53.4 Å². The predicted octanol–water partition coefficient (Wildman–Crippen LogP) is 8.16. The zero-order valence-electron chi connectivity index (χ0n) is 30.7. The standard InChI is InChI=1S/C13H9.C9H18.2C8H10O3.C5H5.Zr/c1-3-7-12-10(5-1)9-11-6-2-4-8-13(11)12;1-8(2)6-5-7-9(3)4;2*1-10-6-4-3-5-7(11-2)8(6)9;1-2-4-5-3-1;/h1-5,7-8H,9H2;8-9H,6-7H2,1-4H3;2*3-5,9H,1-2H3;1-3H,4H2;/q;;;;;+2/p-2. The molecule has 0 amide bonds. The molecule has 4 aromatic carbocycles. The van der Waals surface area contributed by atoms with Crippen LogP contribution in [-0.2, 0) is 27.7 Å². The summed E-state index contributed by atoms with van der Waals surface area (Å²) in [5, 5.41) is 22.4. The minimum Gasteiger partial charge on any atom is -0.867 e. The van der Waals surface area contributed by atoms with Gasteiger partial charge in [0.2, 0.25) is 0 Å². The minimum atomic E-state index is -2.08. The number of hydrogen-bond acceptors (Lipinski definition) is 6. The molecule has 0 aliphatic heterocycles. The van der Waals surface area contributed by atoms with Gasteiger partial charge in [-0.3, -0.25) is 0 Å². The molecular weight excluding hydrogens is 704 g/mol. The average molecular weight is 754 g/mol. The van der Waals surface area contributed by atoms with Gasteiger partial charge in [-0.05, 0) is 35.8 Å². The summed E-state index contributed by atoms with van der Waals surface area (Å²) >= 11 is -2.08. The second-order valence-corrected chi connectivity index (χ2v) is 19.6. The number of benzene rings is 4. The summed E-state index contributed by atoms with van der Waals surface area (Å²) < 4.78 is 24.6. The Morgan fingerprint density at radius 3 is 1.58 bits per heavy atom. The van der Waals surface area contributed by atoms with Gasteiger partial charge in [-0.25, -0.2) is 0 Å². The summed E-state index contributed by atoms with van der Waals surface area (Å²) in [6.07, 6.45) is 12.1. The number of fused-ring (bicyclic) bond motifs is 3. The van der Waals surface area contributed by atoms with Crippen LogP contribution in [0.15, 0.2) is 100 Å². The van der Waals surface area contributed by atoms with E-state index >= 15 is 0 Å². The summed E-state index contributed by atoms with van der Waals surface area (Å²) in [6.45, 7) is 9.59. The molecule has 6 rings (SSSR count). The van der Waals surface area contributed by atoms with Crippen LogP contribution in [0.5, 0.6) is 34.5 Å². The van der Waals surface area contributed by atoms with Crippen LogP contribution >= 0.6 is 0 Å². The summed E-state index contributed by atoms with van der Waals surface area (Å²) in [4.78, 5) is 0. The van der Waals surface area contributed by atoms with E-state index in [0.717, 1.165) is 18.3 Å². The van der Waals surface area contributed by atoms with Gasteiger partial charge in [0.05, 0.1) is 28.4 Å². The van der Waals surface area contributed by atoms with E-state index in [4.69, 9.17) is 18.9 Å². The van der Waals surface area contributed by atoms with Gasteiger partial charge < -0.3 is 29.2 Å². The molecule has 4 aromatic rings. The Kier molecular flexibility index (Phi) is 14.5. The molecule has 0 spiro atoms. The zero-order chi connectivity index (χ0) is 36.2. The van der Waals surface area contributed by atoms with E-state index in [2.05, 4.69) is 88.4 Å². The van der Waals surface area contributed by atoms with Crippen molar-refractivity contribution in [1.29, 1.82) is 0 Å². The van der Waals surface area contributed by atoms with Gasteiger partial charge in [0.25, 0.3) is 0 Å². The fourth-order valence-electron chi connectivity index (χ4n) is 6.52. The number of hydrogen-bond donors (Lipinski definition) is 0. The number of para-hydroxylation sites is 2. The molecule has 6 nitrogen and oxygen atoms in total. The van der Waals surface area contributed by atoms with Crippen molar-refractivity contribution >= 4 is 6.48 Å². The van der Waals surface area contributed by atoms with Crippen LogP contribution in [0.3, 0.4) is 0 Å². The van der Waals surface area contributed by atoms with Crippen molar-refractivity contribution in [2.24, 2.45) is 11.8 Å². The van der Waals surface area contributed by atoms with Crippen LogP contribution in [0.25, 0.3) is 11.1 Å². The number of methoxy groups -OCH3 is 4. The molecule has 50 heavy (non-hydrogen) atoms. The van der Waals surface area contributed by atoms with Crippen molar-refractivity contribution in [3.63, 3.8) is 0 Å². The normalized spacial score (nSPS) is 12.0. The third-order valence-electron chi connectivity index (χ3n) is 8.64. The van der Waals surface area contributed by atoms with E-state index in [9.17, 15) is 10.2 Å². The van der Waals surface area contributed by atoms with Crippen molar-refractivity contribution in [3.05, 3.63) is 111 Å². The van der Waals surface area contributed by atoms with Gasteiger partial charge in [0.15, 0.2) is 0 Å². The molecule has 7 heteroatoms. The molecule has 0 unspecified atom stereocenters. The van der Waals surface area contributed by atoms with E-state index < -0.39 is 21.3 Å². The predicted molar refractivity (Wildman–Crippen MR) is 198 cm³/mol. The first-order valence-corrected chi connectivity index (χ1v) is 20.9. The maximum atomic E-state index is 11.2. The van der Waals surface area contributed by atoms with Crippen LogP contribution in [0.1, 0.15) is 58.1 Å². The van der Waals surface area contributed by atoms with Gasteiger partial charge in [0.1, 0.15) is 23.0 Å². The maximum Gasteiger partial charge on any atom is 0.114 e. The van der Waals surface area contributed by atoms with Gasteiger partial charge >= 0.3 is 179 Å². The molecule has 0 bridgehead atoms. The molecule has 2 aliphatic rings. The molecule has 0 saturated heterocycles. The van der Waals surface area contributed by atoms with Crippen molar-refractivity contribution in [2.75, 3.05) is 28.4 Å². The van der Waals surface area contributed by atoms with E-state index in [-0.39, 0.29) is 11.5 Å². The fourth-order valence-corrected chi connectivity index (χ4v) is 15.8. The number of rotatable bonds is 10. The molecule has 0 atom stereocenters. The third kappa shape index (κ3) is 9.57. The Hall–Kier alpha value is -4.09. The largest absolute Gasteiger partial charge is 0.867 e. The van der Waals surface area contributed by atoms with Crippen LogP contribution in [0.4, 0.5) is 0 Å². The molecule has 0 aromatic heterocycles. The Labute approximate surface area is 306 Å². The summed E-state index contributed by atoms with van der Waals surface area (Å²) in [5.74, 6) is 2.30. The quantitative estimate of drug-likeness (QED) is 0.143. The molecule has 0 heterocycles. The van der Waals surface area contributed by atoms with Gasteiger partial charge in [-0.15, -0.1) is 0 Å². The average Bonchev–Trinajstić information content (AvgIpc) is 3.78. The SMILES string of the molecule is CC(C)C[C](CC(C)C)=[Zr+2]([C]1=CC=CC1)[c]1cccc2c1Cc1ccccc1-2.COc1cccc(OC)c1[O-].COc1cccc(OC)c1[O-]. The van der Waals surface area contributed by atoms with Gasteiger partial charge in [-0.1, -0.05) is 12.1 Å². The van der Waals surface area contributed by atoms with E-state index in [1.165, 1.54) is 64.4 Å². The first-order chi connectivity index (χ1) is 24.1. The van der Waals surface area contributed by atoms with Crippen molar-refractivity contribution < 1.29 is 50.4 Å². The Morgan fingerprint density at radius 2 is 1.12 bits per heavy atom. The maximum absolute atomic E-state index is 11.2. The molecule has 0 saturated carbocycles. The van der Waals surface area contributed by atoms with E-state index in [1.54, 1.807) is 48.5 Å². The van der Waals surface area contributed by atoms with E-state index in [0.29, 0.717) is 23.0 Å². The topological polar surface area (TPSA) is 83.0 Å². The fraction of sp³-hybridized carbons (Fsp3) is 0.326. The molecule has 262 valence electrons. The molecule has 0 radical (unpaired) electrons. The van der Waals surface area contributed by atoms with Crippen molar-refractivity contribution in [1.82, 2.24) is 0 Å². The smallest absolute Gasteiger partial charge is 0.114 e. The van der Waals surface area contributed by atoms with Crippen LogP contribution < -0.4 is 32.4 Å². The van der Waals surface area contributed by atoms with E-state index in [1.807, 2.05) is 3.21 Å². The number of allylic oxidation sites excluding steroid dienone is 4. The monoisotopic (exact) mass is 752 g/mol. The first-order valence-electron chi connectivity index (χ1n) is 17.2. The first kappa shape index (κ1) is 38.7. The molecule has 2 aliphatic carbocycles. The van der Waals surface area contributed by atoms with Crippen LogP contribution in [0.2, 0.25) is 0 Å². The van der Waals surface area contributed by atoms with Gasteiger partial charge in [-0.2, -0.15) is 0 Å². The summed E-state index contributed by atoms with van der Waals surface area (Å²) in [7, 11) is 5.82. The zero-order valence-corrected chi connectivity index (χ0v) is 33.1.